The summed E-state index contributed by atoms with van der Waals surface area (Å²) < 4.78 is 26.8. The van der Waals surface area contributed by atoms with Crippen LogP contribution < -0.4 is 10.6 Å². The molecule has 1 aromatic heterocycles. The molecule has 0 unspecified atom stereocenters. The van der Waals surface area contributed by atoms with Crippen LogP contribution in [0.25, 0.3) is 10.9 Å². The molecule has 4 nitrogen and oxygen atoms in total. The van der Waals surface area contributed by atoms with Gasteiger partial charge < -0.3 is 10.6 Å². The summed E-state index contributed by atoms with van der Waals surface area (Å²) in [6.07, 6.45) is 3.83. The molecule has 0 bridgehead atoms. The molecule has 0 aliphatic heterocycles. The van der Waals surface area contributed by atoms with Crippen LogP contribution in [0, 0.1) is 11.6 Å². The number of amides is 2. The number of benzene rings is 2. The molecule has 0 spiro atoms. The lowest BCUT2D eigenvalue weighted by molar-refractivity contribution is 0.262. The lowest BCUT2D eigenvalue weighted by atomic mass is 9.93. The third kappa shape index (κ3) is 3.10. The van der Waals surface area contributed by atoms with Gasteiger partial charge in [0.2, 0.25) is 0 Å². The Hall–Kier alpha value is -3.02. The Kier molecular flexibility index (Phi) is 4.24. The molecule has 0 atom stereocenters. The highest BCUT2D eigenvalue weighted by Crippen LogP contribution is 2.33. The summed E-state index contributed by atoms with van der Waals surface area (Å²) in [5.41, 5.74) is 3.49. The lowest BCUT2D eigenvalue weighted by Gasteiger charge is -2.21. The molecule has 0 saturated carbocycles. The van der Waals surface area contributed by atoms with Crippen molar-refractivity contribution in [2.24, 2.45) is 0 Å². The van der Waals surface area contributed by atoms with Gasteiger partial charge in [0.15, 0.2) is 0 Å². The minimum Gasteiger partial charge on any atom is -0.307 e. The summed E-state index contributed by atoms with van der Waals surface area (Å²) in [4.78, 5) is 17.2. The number of hydrogen-bond donors (Lipinski definition) is 2. The molecule has 26 heavy (non-hydrogen) atoms. The number of nitrogens with zero attached hydrogens (tertiary/aromatic N) is 1. The summed E-state index contributed by atoms with van der Waals surface area (Å²) in [7, 11) is 0. The number of rotatable bonds is 2. The van der Waals surface area contributed by atoms with Gasteiger partial charge in [-0.2, -0.15) is 0 Å². The van der Waals surface area contributed by atoms with E-state index in [9.17, 15) is 13.6 Å². The SMILES string of the molecule is O=C(Nc1ccc(F)cc1F)Nc1c2c(nc3ccccc13)CCCC2. The second-order valence-electron chi connectivity index (χ2n) is 6.34. The van der Waals surface area contributed by atoms with Crippen LogP contribution in [0.5, 0.6) is 0 Å². The van der Waals surface area contributed by atoms with Gasteiger partial charge in [-0.15, -0.1) is 0 Å². The molecule has 2 aromatic carbocycles. The standard InChI is InChI=1S/C20H17F2N3O/c21-12-9-10-18(15(22)11-12)24-20(26)25-19-13-5-1-3-7-16(13)23-17-8-4-2-6-14(17)19/h1,3,5,7,9-11H,2,4,6,8H2,(H2,23,24,25,26). The predicted octanol–water partition coefficient (Wildman–Crippen LogP) is 5.04. The number of hydrogen-bond acceptors (Lipinski definition) is 2. The maximum absolute atomic E-state index is 13.8. The number of halogens is 2. The van der Waals surface area contributed by atoms with E-state index in [1.54, 1.807) is 0 Å². The van der Waals surface area contributed by atoms with Crippen molar-refractivity contribution in [2.75, 3.05) is 10.6 Å². The Morgan fingerprint density at radius 2 is 1.81 bits per heavy atom. The molecule has 0 fully saturated rings. The van der Waals surface area contributed by atoms with E-state index in [0.29, 0.717) is 5.69 Å². The Labute approximate surface area is 149 Å². The van der Waals surface area contributed by atoms with Crippen molar-refractivity contribution in [3.8, 4) is 0 Å². The fourth-order valence-corrected chi connectivity index (χ4v) is 3.37. The van der Waals surface area contributed by atoms with E-state index in [2.05, 4.69) is 10.6 Å². The van der Waals surface area contributed by atoms with E-state index in [-0.39, 0.29) is 5.69 Å². The summed E-state index contributed by atoms with van der Waals surface area (Å²) in [6, 6.07) is 10.1. The van der Waals surface area contributed by atoms with E-state index in [1.165, 1.54) is 6.07 Å². The van der Waals surface area contributed by atoms with Crippen LogP contribution in [0.3, 0.4) is 0 Å². The van der Waals surface area contributed by atoms with E-state index in [4.69, 9.17) is 4.98 Å². The number of anilines is 2. The summed E-state index contributed by atoms with van der Waals surface area (Å²) >= 11 is 0. The third-order valence-corrected chi connectivity index (χ3v) is 4.59. The molecule has 132 valence electrons. The van der Waals surface area contributed by atoms with Crippen molar-refractivity contribution < 1.29 is 13.6 Å². The fraction of sp³-hybridized carbons (Fsp3) is 0.200. The smallest absolute Gasteiger partial charge is 0.307 e. The van der Waals surface area contributed by atoms with Crippen LogP contribution in [-0.4, -0.2) is 11.0 Å². The summed E-state index contributed by atoms with van der Waals surface area (Å²) in [5, 5.41) is 6.15. The Balaban J connectivity index is 1.69. The first-order valence-electron chi connectivity index (χ1n) is 8.55. The molecule has 4 rings (SSSR count). The molecule has 1 aliphatic rings. The number of urea groups is 1. The number of carbonyl (C=O) groups is 1. The Morgan fingerprint density at radius 1 is 1.00 bits per heavy atom. The summed E-state index contributed by atoms with van der Waals surface area (Å²) in [5.74, 6) is -1.51. The Bertz CT molecular complexity index is 1000. The summed E-state index contributed by atoms with van der Waals surface area (Å²) in [6.45, 7) is 0. The number of aryl methyl sites for hydroxylation is 1. The van der Waals surface area contributed by atoms with Crippen LogP contribution in [-0.2, 0) is 12.8 Å². The average molecular weight is 353 g/mol. The van der Waals surface area contributed by atoms with E-state index in [0.717, 1.165) is 60.0 Å². The zero-order valence-corrected chi connectivity index (χ0v) is 14.0. The number of pyridine rings is 1. The molecule has 3 aromatic rings. The maximum atomic E-state index is 13.8. The van der Waals surface area contributed by atoms with Crippen molar-refractivity contribution in [1.82, 2.24) is 4.98 Å². The highest BCUT2D eigenvalue weighted by molar-refractivity contribution is 6.06. The van der Waals surface area contributed by atoms with Gasteiger partial charge in [0, 0.05) is 17.1 Å². The van der Waals surface area contributed by atoms with Gasteiger partial charge in [0.25, 0.3) is 0 Å². The van der Waals surface area contributed by atoms with Gasteiger partial charge in [0.1, 0.15) is 11.6 Å². The number of carbonyl (C=O) groups excluding carboxylic acids is 1. The zero-order valence-electron chi connectivity index (χ0n) is 14.0. The molecule has 2 amide bonds. The van der Waals surface area contributed by atoms with Crippen LogP contribution in [0.2, 0.25) is 0 Å². The topological polar surface area (TPSA) is 54.0 Å². The molecule has 2 N–H and O–H groups in total. The van der Waals surface area contributed by atoms with Crippen LogP contribution in [0.4, 0.5) is 25.0 Å². The number of nitrogens with one attached hydrogen (secondary N) is 2. The first-order valence-corrected chi connectivity index (χ1v) is 8.55. The molecular weight excluding hydrogens is 336 g/mol. The maximum Gasteiger partial charge on any atom is 0.323 e. The largest absolute Gasteiger partial charge is 0.323 e. The molecule has 0 radical (unpaired) electrons. The number of fused-ring (bicyclic) bond motifs is 2. The molecule has 1 aliphatic carbocycles. The first-order chi connectivity index (χ1) is 12.6. The molecular formula is C20H17F2N3O. The van der Waals surface area contributed by atoms with Crippen molar-refractivity contribution in [3.05, 3.63) is 65.4 Å². The Morgan fingerprint density at radius 3 is 2.65 bits per heavy atom. The average Bonchev–Trinajstić information content (AvgIpc) is 2.64. The highest BCUT2D eigenvalue weighted by Gasteiger charge is 2.19. The molecule has 1 heterocycles. The number of aromatic nitrogens is 1. The predicted molar refractivity (Wildman–Crippen MR) is 97.4 cm³/mol. The second-order valence-corrected chi connectivity index (χ2v) is 6.34. The monoisotopic (exact) mass is 353 g/mol. The van der Waals surface area contributed by atoms with Crippen LogP contribution in [0.1, 0.15) is 24.1 Å². The lowest BCUT2D eigenvalue weighted by Crippen LogP contribution is -2.22. The van der Waals surface area contributed by atoms with Crippen molar-refractivity contribution >= 4 is 28.3 Å². The van der Waals surface area contributed by atoms with Gasteiger partial charge in [-0.05, 0) is 49.4 Å². The van der Waals surface area contributed by atoms with Gasteiger partial charge in [-0.25, -0.2) is 13.6 Å². The van der Waals surface area contributed by atoms with Crippen LogP contribution >= 0.6 is 0 Å². The fourth-order valence-electron chi connectivity index (χ4n) is 3.37. The highest BCUT2D eigenvalue weighted by atomic mass is 19.1. The second kappa shape index (κ2) is 6.71. The van der Waals surface area contributed by atoms with Crippen molar-refractivity contribution in [3.63, 3.8) is 0 Å². The van der Waals surface area contributed by atoms with Crippen LogP contribution in [0.15, 0.2) is 42.5 Å². The van der Waals surface area contributed by atoms with Gasteiger partial charge >= 0.3 is 6.03 Å². The minimum absolute atomic E-state index is 0.0730. The third-order valence-electron chi connectivity index (χ3n) is 4.59. The van der Waals surface area contributed by atoms with Gasteiger partial charge in [-0.1, -0.05) is 18.2 Å². The van der Waals surface area contributed by atoms with Crippen molar-refractivity contribution in [1.29, 1.82) is 0 Å². The van der Waals surface area contributed by atoms with Gasteiger partial charge in [0.05, 0.1) is 16.9 Å². The normalized spacial score (nSPS) is 13.3. The molecule has 6 heteroatoms. The van der Waals surface area contributed by atoms with Crippen molar-refractivity contribution in [2.45, 2.75) is 25.7 Å². The number of para-hydroxylation sites is 1. The minimum atomic E-state index is -0.818. The quantitative estimate of drug-likeness (QED) is 0.678. The van der Waals surface area contributed by atoms with E-state index in [1.807, 2.05) is 24.3 Å². The zero-order chi connectivity index (χ0) is 18.1. The molecule has 0 saturated heterocycles. The van der Waals surface area contributed by atoms with E-state index < -0.39 is 17.7 Å². The van der Waals surface area contributed by atoms with Gasteiger partial charge in [-0.3, -0.25) is 4.98 Å². The van der Waals surface area contributed by atoms with E-state index >= 15 is 0 Å². The first kappa shape index (κ1) is 16.4.